The molecule has 0 saturated heterocycles. The highest BCUT2D eigenvalue weighted by Crippen LogP contribution is 2.22. The number of rotatable bonds is 4. The van der Waals surface area contributed by atoms with Crippen LogP contribution in [0.15, 0.2) is 30.3 Å². The van der Waals surface area contributed by atoms with Crippen molar-refractivity contribution in [3.8, 4) is 0 Å². The molecular formula is C12H18O. The van der Waals surface area contributed by atoms with E-state index in [0.29, 0.717) is 5.92 Å². The van der Waals surface area contributed by atoms with Crippen molar-refractivity contribution in [3.05, 3.63) is 35.9 Å². The Kier molecular flexibility index (Phi) is 3.97. The first-order valence-electron chi connectivity index (χ1n) is 4.97. The van der Waals surface area contributed by atoms with Gasteiger partial charge in [0.15, 0.2) is 0 Å². The van der Waals surface area contributed by atoms with Crippen LogP contribution in [0.2, 0.25) is 0 Å². The molecule has 1 aromatic carbocycles. The maximum atomic E-state index is 9.82. The molecule has 2 atom stereocenters. The summed E-state index contributed by atoms with van der Waals surface area (Å²) in [6.45, 7) is 4.33. The molecule has 0 aliphatic carbocycles. The maximum absolute atomic E-state index is 9.82. The maximum Gasteiger partial charge on any atom is 0.0792 e. The first-order valence-corrected chi connectivity index (χ1v) is 4.97. The fourth-order valence-corrected chi connectivity index (χ4v) is 1.36. The van der Waals surface area contributed by atoms with Gasteiger partial charge in [-0.15, -0.1) is 0 Å². The summed E-state index contributed by atoms with van der Waals surface area (Å²) in [7, 11) is 0. The molecule has 0 bridgehead atoms. The summed E-state index contributed by atoms with van der Waals surface area (Å²) in [4.78, 5) is 0. The normalized spacial score (nSPS) is 15.3. The molecule has 0 saturated carbocycles. The fourth-order valence-electron chi connectivity index (χ4n) is 1.36. The summed E-state index contributed by atoms with van der Waals surface area (Å²) in [5.74, 6) is 0.593. The van der Waals surface area contributed by atoms with Crippen molar-refractivity contribution in [2.75, 3.05) is 0 Å². The van der Waals surface area contributed by atoms with Gasteiger partial charge < -0.3 is 5.11 Å². The molecule has 0 fully saturated rings. The Bertz CT molecular complexity index is 230. The van der Waals surface area contributed by atoms with E-state index in [9.17, 15) is 5.11 Å². The van der Waals surface area contributed by atoms with Crippen LogP contribution in [-0.4, -0.2) is 5.11 Å². The first-order chi connectivity index (χ1) is 6.24. The minimum atomic E-state index is -0.295. The molecule has 72 valence electrons. The van der Waals surface area contributed by atoms with Crippen LogP contribution < -0.4 is 0 Å². The summed E-state index contributed by atoms with van der Waals surface area (Å²) in [5, 5.41) is 9.82. The van der Waals surface area contributed by atoms with Gasteiger partial charge in [-0.2, -0.15) is 0 Å². The minimum absolute atomic E-state index is 0.295. The quantitative estimate of drug-likeness (QED) is 0.751. The SMILES string of the molecule is CCC(C)CC(O)c1ccccc1. The van der Waals surface area contributed by atoms with Crippen molar-refractivity contribution in [1.82, 2.24) is 0 Å². The van der Waals surface area contributed by atoms with E-state index in [0.717, 1.165) is 18.4 Å². The second kappa shape index (κ2) is 5.03. The van der Waals surface area contributed by atoms with E-state index in [-0.39, 0.29) is 6.10 Å². The van der Waals surface area contributed by atoms with Gasteiger partial charge in [0.05, 0.1) is 6.10 Å². The van der Waals surface area contributed by atoms with Crippen LogP contribution in [0.5, 0.6) is 0 Å². The summed E-state index contributed by atoms with van der Waals surface area (Å²) in [6.07, 6.45) is 1.70. The number of hydrogen-bond donors (Lipinski definition) is 1. The molecule has 0 amide bonds. The van der Waals surface area contributed by atoms with Crippen molar-refractivity contribution in [3.63, 3.8) is 0 Å². The van der Waals surface area contributed by atoms with Crippen LogP contribution in [-0.2, 0) is 0 Å². The molecule has 2 unspecified atom stereocenters. The average Bonchev–Trinajstić information content (AvgIpc) is 2.19. The van der Waals surface area contributed by atoms with E-state index in [4.69, 9.17) is 0 Å². The monoisotopic (exact) mass is 178 g/mol. The average molecular weight is 178 g/mol. The molecule has 13 heavy (non-hydrogen) atoms. The van der Waals surface area contributed by atoms with Crippen LogP contribution in [0.25, 0.3) is 0 Å². The molecule has 1 aromatic rings. The van der Waals surface area contributed by atoms with Gasteiger partial charge in [0.1, 0.15) is 0 Å². The zero-order valence-electron chi connectivity index (χ0n) is 8.40. The summed E-state index contributed by atoms with van der Waals surface area (Å²) < 4.78 is 0. The van der Waals surface area contributed by atoms with Crippen molar-refractivity contribution >= 4 is 0 Å². The fraction of sp³-hybridized carbons (Fsp3) is 0.500. The largest absolute Gasteiger partial charge is 0.388 e. The summed E-state index contributed by atoms with van der Waals surface area (Å²) in [5.41, 5.74) is 1.03. The van der Waals surface area contributed by atoms with Gasteiger partial charge in [-0.1, -0.05) is 50.6 Å². The molecule has 0 heterocycles. The van der Waals surface area contributed by atoms with E-state index in [1.807, 2.05) is 30.3 Å². The van der Waals surface area contributed by atoms with Gasteiger partial charge in [-0.3, -0.25) is 0 Å². The first kappa shape index (κ1) is 10.3. The second-order valence-electron chi connectivity index (χ2n) is 3.68. The molecule has 0 spiro atoms. The molecule has 1 rings (SSSR count). The highest BCUT2D eigenvalue weighted by atomic mass is 16.3. The Morgan fingerprint density at radius 3 is 2.38 bits per heavy atom. The van der Waals surface area contributed by atoms with E-state index >= 15 is 0 Å². The lowest BCUT2D eigenvalue weighted by Crippen LogP contribution is -2.03. The Labute approximate surface area is 80.4 Å². The number of benzene rings is 1. The van der Waals surface area contributed by atoms with Gasteiger partial charge in [-0.05, 0) is 17.9 Å². The van der Waals surface area contributed by atoms with Crippen molar-refractivity contribution in [1.29, 1.82) is 0 Å². The zero-order valence-corrected chi connectivity index (χ0v) is 8.40. The van der Waals surface area contributed by atoms with E-state index < -0.39 is 0 Å². The Morgan fingerprint density at radius 1 is 1.23 bits per heavy atom. The van der Waals surface area contributed by atoms with Crippen LogP contribution in [0, 0.1) is 5.92 Å². The topological polar surface area (TPSA) is 20.2 Å². The molecule has 1 heteroatoms. The number of aliphatic hydroxyl groups is 1. The summed E-state index contributed by atoms with van der Waals surface area (Å²) >= 11 is 0. The zero-order chi connectivity index (χ0) is 9.68. The molecule has 0 aromatic heterocycles. The third kappa shape index (κ3) is 3.19. The van der Waals surface area contributed by atoms with Gasteiger partial charge in [0, 0.05) is 0 Å². The molecule has 1 nitrogen and oxygen atoms in total. The third-order valence-electron chi connectivity index (χ3n) is 2.51. The minimum Gasteiger partial charge on any atom is -0.388 e. The molecular weight excluding hydrogens is 160 g/mol. The van der Waals surface area contributed by atoms with E-state index in [1.165, 1.54) is 0 Å². The van der Waals surface area contributed by atoms with Crippen LogP contribution in [0.1, 0.15) is 38.4 Å². The van der Waals surface area contributed by atoms with Gasteiger partial charge in [0.25, 0.3) is 0 Å². The standard InChI is InChI=1S/C12H18O/c1-3-10(2)9-12(13)11-7-5-4-6-8-11/h4-8,10,12-13H,3,9H2,1-2H3. The number of aliphatic hydroxyl groups excluding tert-OH is 1. The molecule has 0 aliphatic rings. The molecule has 0 aliphatic heterocycles. The van der Waals surface area contributed by atoms with Gasteiger partial charge >= 0.3 is 0 Å². The Balaban J connectivity index is 2.53. The highest BCUT2D eigenvalue weighted by molar-refractivity contribution is 5.17. The van der Waals surface area contributed by atoms with Crippen molar-refractivity contribution < 1.29 is 5.11 Å². The Morgan fingerprint density at radius 2 is 1.85 bits per heavy atom. The third-order valence-corrected chi connectivity index (χ3v) is 2.51. The predicted molar refractivity (Wildman–Crippen MR) is 55.5 cm³/mol. The van der Waals surface area contributed by atoms with Gasteiger partial charge in [-0.25, -0.2) is 0 Å². The highest BCUT2D eigenvalue weighted by Gasteiger charge is 2.09. The number of hydrogen-bond acceptors (Lipinski definition) is 1. The van der Waals surface area contributed by atoms with Crippen molar-refractivity contribution in [2.45, 2.75) is 32.8 Å². The van der Waals surface area contributed by atoms with Gasteiger partial charge in [0.2, 0.25) is 0 Å². The smallest absolute Gasteiger partial charge is 0.0792 e. The second-order valence-corrected chi connectivity index (χ2v) is 3.68. The lowest BCUT2D eigenvalue weighted by molar-refractivity contribution is 0.146. The molecule has 0 radical (unpaired) electrons. The van der Waals surface area contributed by atoms with E-state index in [1.54, 1.807) is 0 Å². The van der Waals surface area contributed by atoms with Crippen LogP contribution in [0.3, 0.4) is 0 Å². The predicted octanol–water partition coefficient (Wildman–Crippen LogP) is 3.16. The molecule has 1 N–H and O–H groups in total. The summed E-state index contributed by atoms with van der Waals surface area (Å²) in [6, 6.07) is 9.86. The van der Waals surface area contributed by atoms with Crippen LogP contribution in [0.4, 0.5) is 0 Å². The van der Waals surface area contributed by atoms with Crippen LogP contribution >= 0.6 is 0 Å². The lowest BCUT2D eigenvalue weighted by atomic mass is 9.97. The van der Waals surface area contributed by atoms with E-state index in [2.05, 4.69) is 13.8 Å². The van der Waals surface area contributed by atoms with Crippen molar-refractivity contribution in [2.24, 2.45) is 5.92 Å². The lowest BCUT2D eigenvalue weighted by Gasteiger charge is -2.14. The Hall–Kier alpha value is -0.820.